The van der Waals surface area contributed by atoms with Gasteiger partial charge < -0.3 is 19.5 Å². The van der Waals surface area contributed by atoms with Crippen LogP contribution in [0.25, 0.3) is 0 Å². The molecule has 1 aromatic carbocycles. The molecule has 0 spiro atoms. The van der Waals surface area contributed by atoms with Crippen LogP contribution in [0.1, 0.15) is 41.7 Å². The van der Waals surface area contributed by atoms with Crippen molar-refractivity contribution in [2.24, 2.45) is 5.92 Å². The van der Waals surface area contributed by atoms with Gasteiger partial charge in [-0.3, -0.25) is 4.79 Å². The lowest BCUT2D eigenvalue weighted by Crippen LogP contribution is -2.42. The Bertz CT molecular complexity index is 879. The van der Waals surface area contributed by atoms with E-state index in [0.717, 1.165) is 12.8 Å². The van der Waals surface area contributed by atoms with Crippen molar-refractivity contribution in [2.75, 3.05) is 19.8 Å². The molecule has 2 aliphatic rings. The van der Waals surface area contributed by atoms with Gasteiger partial charge in [0.2, 0.25) is 6.29 Å². The van der Waals surface area contributed by atoms with Gasteiger partial charge in [-0.2, -0.15) is 0 Å². The number of benzene rings is 1. The molecule has 1 N–H and O–H groups in total. The lowest BCUT2D eigenvalue weighted by Gasteiger charge is -2.38. The number of carbonyl (C=O) groups excluding carboxylic acids is 1. The van der Waals surface area contributed by atoms with Gasteiger partial charge in [-0.1, -0.05) is 30.3 Å². The zero-order valence-corrected chi connectivity index (χ0v) is 18.1. The molecule has 6 heteroatoms. The predicted octanol–water partition coefficient (Wildman–Crippen LogP) is 4.08. The maximum Gasteiger partial charge on any atom is 0.289 e. The summed E-state index contributed by atoms with van der Waals surface area (Å²) in [5.74, 6) is 0.412. The third-order valence-corrected chi connectivity index (χ3v) is 6.89. The molecule has 1 amide bonds. The molecule has 3 atom stereocenters. The molecule has 0 unspecified atom stereocenters. The van der Waals surface area contributed by atoms with E-state index in [1.807, 2.05) is 36.1 Å². The summed E-state index contributed by atoms with van der Waals surface area (Å²) in [6.07, 6.45) is 3.80. The van der Waals surface area contributed by atoms with Gasteiger partial charge in [0.1, 0.15) is 0 Å². The molecule has 30 heavy (non-hydrogen) atoms. The van der Waals surface area contributed by atoms with Crippen LogP contribution >= 0.6 is 11.3 Å². The fraction of sp³-hybridized carbons (Fsp3) is 0.458. The van der Waals surface area contributed by atoms with Crippen molar-refractivity contribution in [3.63, 3.8) is 0 Å². The number of hydrogen-bond acceptors (Lipinski definition) is 5. The van der Waals surface area contributed by atoms with E-state index in [0.29, 0.717) is 31.9 Å². The Morgan fingerprint density at radius 1 is 1.27 bits per heavy atom. The highest BCUT2D eigenvalue weighted by Crippen LogP contribution is 2.41. The smallest absolute Gasteiger partial charge is 0.289 e. The second kappa shape index (κ2) is 9.77. The monoisotopic (exact) mass is 427 g/mol. The van der Waals surface area contributed by atoms with E-state index < -0.39 is 6.29 Å². The van der Waals surface area contributed by atoms with Crippen molar-refractivity contribution in [2.45, 2.75) is 44.9 Å². The van der Waals surface area contributed by atoms with Gasteiger partial charge in [0.25, 0.3) is 5.91 Å². The van der Waals surface area contributed by atoms with E-state index in [-0.39, 0.29) is 24.3 Å². The zero-order valence-electron chi connectivity index (χ0n) is 17.3. The normalized spacial score (nSPS) is 23.5. The fourth-order valence-corrected chi connectivity index (χ4v) is 5.26. The van der Waals surface area contributed by atoms with Crippen LogP contribution < -0.4 is 0 Å². The quantitative estimate of drug-likeness (QED) is 0.723. The van der Waals surface area contributed by atoms with Crippen LogP contribution in [0.2, 0.25) is 0 Å². The molecule has 0 radical (unpaired) electrons. The van der Waals surface area contributed by atoms with Gasteiger partial charge in [0.15, 0.2) is 5.76 Å². The van der Waals surface area contributed by atoms with Crippen LogP contribution in [0.5, 0.6) is 0 Å². The number of nitrogens with zero attached hydrogens (tertiary/aromatic N) is 1. The van der Waals surface area contributed by atoms with Crippen LogP contribution in [0, 0.1) is 5.92 Å². The summed E-state index contributed by atoms with van der Waals surface area (Å²) >= 11 is 1.68. The number of allylic oxidation sites excluding steroid dienone is 1. The molecule has 0 fully saturated rings. The molecule has 0 bridgehead atoms. The first kappa shape index (κ1) is 21.1. The highest BCUT2D eigenvalue weighted by Gasteiger charge is 2.39. The molecular formula is C24H29NO4S. The Morgan fingerprint density at radius 3 is 2.83 bits per heavy atom. The van der Waals surface area contributed by atoms with Gasteiger partial charge in [-0.05, 0) is 54.8 Å². The maximum absolute atomic E-state index is 13.4. The standard InChI is InChI=1S/C24H29NO4S/c1-2-28-24-19(9-5-13-26)20(22-10-6-14-30-22)15-21(29-24)23(27)25-12-11-17-7-3-4-8-18(17)16-25/h3-4,6-8,10,14-15,19-20,24,26H,2,5,9,11-13,16H2,1H3/t19-,20-,24+/m1/s1. The van der Waals surface area contributed by atoms with Crippen LogP contribution in [0.3, 0.4) is 0 Å². The number of ether oxygens (including phenoxy) is 2. The van der Waals surface area contributed by atoms with E-state index in [1.54, 1.807) is 11.3 Å². The van der Waals surface area contributed by atoms with Crippen molar-refractivity contribution in [3.8, 4) is 0 Å². The van der Waals surface area contributed by atoms with Crippen molar-refractivity contribution >= 4 is 17.2 Å². The zero-order chi connectivity index (χ0) is 20.9. The van der Waals surface area contributed by atoms with Gasteiger partial charge in [0, 0.05) is 43.0 Å². The largest absolute Gasteiger partial charge is 0.459 e. The molecule has 1 aromatic heterocycles. The van der Waals surface area contributed by atoms with E-state index in [1.165, 1.54) is 16.0 Å². The lowest BCUT2D eigenvalue weighted by molar-refractivity contribution is -0.170. The average molecular weight is 428 g/mol. The molecule has 4 rings (SSSR count). The van der Waals surface area contributed by atoms with Gasteiger partial charge in [0.05, 0.1) is 0 Å². The molecule has 5 nitrogen and oxygen atoms in total. The van der Waals surface area contributed by atoms with Crippen LogP contribution in [-0.4, -0.2) is 42.0 Å². The SMILES string of the molecule is CCO[C@H]1OC(C(=O)N2CCc3ccccc3C2)=C[C@@H](c2cccs2)[C@H]1CCCO. The number of rotatable bonds is 7. The molecule has 3 heterocycles. The van der Waals surface area contributed by atoms with Gasteiger partial charge >= 0.3 is 0 Å². The van der Waals surface area contributed by atoms with Crippen molar-refractivity contribution in [3.05, 3.63) is 69.6 Å². The Morgan fingerprint density at radius 2 is 2.10 bits per heavy atom. The summed E-state index contributed by atoms with van der Waals surface area (Å²) in [6, 6.07) is 12.4. The first-order chi connectivity index (χ1) is 14.7. The Hall–Kier alpha value is -2.15. The average Bonchev–Trinajstić information content (AvgIpc) is 3.32. The Labute approximate surface area is 181 Å². The van der Waals surface area contributed by atoms with E-state index in [2.05, 4.69) is 23.6 Å². The second-order valence-electron chi connectivity index (χ2n) is 7.79. The van der Waals surface area contributed by atoms with Crippen molar-refractivity contribution in [1.82, 2.24) is 4.90 Å². The van der Waals surface area contributed by atoms with Crippen LogP contribution in [-0.2, 0) is 27.2 Å². The van der Waals surface area contributed by atoms with Crippen LogP contribution in [0.4, 0.5) is 0 Å². The molecule has 0 saturated carbocycles. The summed E-state index contributed by atoms with van der Waals surface area (Å²) in [6.45, 7) is 3.87. The Balaban J connectivity index is 1.60. The highest BCUT2D eigenvalue weighted by atomic mass is 32.1. The minimum Gasteiger partial charge on any atom is -0.459 e. The molecule has 160 valence electrons. The first-order valence-electron chi connectivity index (χ1n) is 10.7. The summed E-state index contributed by atoms with van der Waals surface area (Å²) in [5.41, 5.74) is 2.51. The second-order valence-corrected chi connectivity index (χ2v) is 8.77. The topological polar surface area (TPSA) is 59.0 Å². The number of aliphatic hydroxyl groups excluding tert-OH is 1. The number of fused-ring (bicyclic) bond motifs is 1. The van der Waals surface area contributed by atoms with Crippen molar-refractivity contribution in [1.29, 1.82) is 0 Å². The summed E-state index contributed by atoms with van der Waals surface area (Å²) in [4.78, 5) is 16.5. The molecule has 2 aliphatic heterocycles. The molecular weight excluding hydrogens is 398 g/mol. The fourth-order valence-electron chi connectivity index (χ4n) is 4.39. The Kier molecular flexibility index (Phi) is 6.87. The third kappa shape index (κ3) is 4.46. The van der Waals surface area contributed by atoms with E-state index in [4.69, 9.17) is 9.47 Å². The molecule has 2 aromatic rings. The molecule has 0 saturated heterocycles. The third-order valence-electron chi connectivity index (χ3n) is 5.91. The van der Waals surface area contributed by atoms with E-state index in [9.17, 15) is 9.90 Å². The summed E-state index contributed by atoms with van der Waals surface area (Å²) in [7, 11) is 0. The number of thiophene rings is 1. The van der Waals surface area contributed by atoms with Gasteiger partial charge in [-0.25, -0.2) is 0 Å². The minimum atomic E-state index is -0.491. The maximum atomic E-state index is 13.4. The van der Waals surface area contributed by atoms with E-state index >= 15 is 0 Å². The number of hydrogen-bond donors (Lipinski definition) is 1. The number of amides is 1. The highest BCUT2D eigenvalue weighted by molar-refractivity contribution is 7.10. The lowest BCUT2D eigenvalue weighted by atomic mass is 9.84. The summed E-state index contributed by atoms with van der Waals surface area (Å²) < 4.78 is 12.1. The minimum absolute atomic E-state index is 0.0397. The van der Waals surface area contributed by atoms with Gasteiger partial charge in [-0.15, -0.1) is 11.3 Å². The van der Waals surface area contributed by atoms with Crippen LogP contribution in [0.15, 0.2) is 53.6 Å². The first-order valence-corrected chi connectivity index (χ1v) is 11.6. The number of carbonyl (C=O) groups is 1. The number of aliphatic hydroxyl groups is 1. The molecule has 0 aliphatic carbocycles. The predicted molar refractivity (Wildman–Crippen MR) is 117 cm³/mol. The summed E-state index contributed by atoms with van der Waals surface area (Å²) in [5, 5.41) is 11.4. The van der Waals surface area contributed by atoms with Crippen molar-refractivity contribution < 1.29 is 19.4 Å².